The molecule has 0 radical (unpaired) electrons. The van der Waals surface area contributed by atoms with E-state index < -0.39 is 0 Å². The molecule has 18 heavy (non-hydrogen) atoms. The fraction of sp³-hybridized carbons (Fsp3) is 0. The normalized spacial score (nSPS) is 9.94. The fourth-order valence-electron chi connectivity index (χ4n) is 1.22. The van der Waals surface area contributed by atoms with Crippen LogP contribution in [0.25, 0.3) is 0 Å². The van der Waals surface area contributed by atoms with Gasteiger partial charge in [-0.15, -0.1) is 0 Å². The molecule has 0 aliphatic heterocycles. The fourth-order valence-corrected chi connectivity index (χ4v) is 1.22. The van der Waals surface area contributed by atoms with E-state index in [1.807, 2.05) is 0 Å². The number of anilines is 4. The molecule has 0 bridgehead atoms. The maximum Gasteiger partial charge on any atom is 0.243 e. The van der Waals surface area contributed by atoms with Crippen LogP contribution in [-0.4, -0.2) is 15.0 Å². The van der Waals surface area contributed by atoms with Crippen molar-refractivity contribution in [3.05, 3.63) is 30.1 Å². The molecule has 0 aliphatic rings. The number of halogens is 1. The number of nitrogens with one attached hydrogen (secondary N) is 3. The van der Waals surface area contributed by atoms with Crippen molar-refractivity contribution in [2.75, 3.05) is 16.2 Å². The molecular formula is C9H11FN8. The Morgan fingerprint density at radius 3 is 1.83 bits per heavy atom. The van der Waals surface area contributed by atoms with E-state index in [0.29, 0.717) is 5.69 Å². The van der Waals surface area contributed by atoms with Gasteiger partial charge in [0.05, 0.1) is 0 Å². The summed E-state index contributed by atoms with van der Waals surface area (Å²) in [7, 11) is 0. The van der Waals surface area contributed by atoms with Crippen LogP contribution in [0.5, 0.6) is 0 Å². The molecule has 1 heterocycles. The van der Waals surface area contributed by atoms with E-state index >= 15 is 0 Å². The first-order valence-corrected chi connectivity index (χ1v) is 4.93. The second kappa shape index (κ2) is 5.21. The molecular weight excluding hydrogens is 239 g/mol. The molecule has 0 saturated heterocycles. The minimum atomic E-state index is -0.329. The smallest absolute Gasteiger partial charge is 0.243 e. The van der Waals surface area contributed by atoms with Gasteiger partial charge in [0, 0.05) is 5.69 Å². The molecule has 1 aromatic carbocycles. The molecule has 0 unspecified atom stereocenters. The first-order valence-electron chi connectivity index (χ1n) is 4.93. The third-order valence-corrected chi connectivity index (χ3v) is 1.99. The number of nitrogens with two attached hydrogens (primary N) is 2. The molecule has 0 amide bonds. The van der Waals surface area contributed by atoms with Crippen LogP contribution in [0.1, 0.15) is 0 Å². The molecule has 7 N–H and O–H groups in total. The molecule has 0 spiro atoms. The van der Waals surface area contributed by atoms with Gasteiger partial charge in [0.2, 0.25) is 17.8 Å². The van der Waals surface area contributed by atoms with Crippen LogP contribution in [-0.2, 0) is 0 Å². The van der Waals surface area contributed by atoms with Gasteiger partial charge in [0.1, 0.15) is 5.82 Å². The lowest BCUT2D eigenvalue weighted by atomic mass is 10.3. The van der Waals surface area contributed by atoms with Crippen molar-refractivity contribution in [2.45, 2.75) is 0 Å². The summed E-state index contributed by atoms with van der Waals surface area (Å²) in [5.74, 6) is 10.6. The van der Waals surface area contributed by atoms with Gasteiger partial charge in [0.15, 0.2) is 0 Å². The van der Waals surface area contributed by atoms with Crippen molar-refractivity contribution >= 4 is 23.5 Å². The Hall–Kier alpha value is -2.52. The number of rotatable bonds is 4. The zero-order valence-electron chi connectivity index (χ0n) is 9.18. The van der Waals surface area contributed by atoms with Gasteiger partial charge >= 0.3 is 0 Å². The topological polar surface area (TPSA) is 127 Å². The van der Waals surface area contributed by atoms with Crippen molar-refractivity contribution in [1.29, 1.82) is 0 Å². The van der Waals surface area contributed by atoms with E-state index in [0.717, 1.165) is 0 Å². The summed E-state index contributed by atoms with van der Waals surface area (Å²) < 4.78 is 12.7. The molecule has 2 rings (SSSR count). The molecule has 2 aromatic rings. The molecule has 0 saturated carbocycles. The van der Waals surface area contributed by atoms with Crippen molar-refractivity contribution < 1.29 is 4.39 Å². The zero-order valence-corrected chi connectivity index (χ0v) is 9.18. The number of nitrogen functional groups attached to an aromatic ring is 2. The first-order chi connectivity index (χ1) is 8.71. The minimum Gasteiger partial charge on any atom is -0.324 e. The second-order valence-electron chi connectivity index (χ2n) is 3.23. The summed E-state index contributed by atoms with van der Waals surface area (Å²) in [6, 6.07) is 5.72. The Kier molecular flexibility index (Phi) is 3.46. The van der Waals surface area contributed by atoms with Gasteiger partial charge in [-0.05, 0) is 24.3 Å². The Bertz CT molecular complexity index is 506. The molecule has 0 fully saturated rings. The predicted molar refractivity (Wildman–Crippen MR) is 65.1 cm³/mol. The van der Waals surface area contributed by atoms with E-state index in [4.69, 9.17) is 11.7 Å². The number of hydrogen-bond donors (Lipinski definition) is 5. The largest absolute Gasteiger partial charge is 0.324 e. The van der Waals surface area contributed by atoms with E-state index in [9.17, 15) is 4.39 Å². The SMILES string of the molecule is NNc1nc(NN)nc(Nc2ccc(F)cc2)n1. The van der Waals surface area contributed by atoms with Gasteiger partial charge in [-0.1, -0.05) is 0 Å². The quantitative estimate of drug-likeness (QED) is 0.388. The van der Waals surface area contributed by atoms with Crippen LogP contribution in [0, 0.1) is 5.82 Å². The Morgan fingerprint density at radius 2 is 1.33 bits per heavy atom. The summed E-state index contributed by atoms with van der Waals surface area (Å²) in [4.78, 5) is 11.7. The summed E-state index contributed by atoms with van der Waals surface area (Å²) in [5, 5.41) is 2.86. The molecule has 0 atom stereocenters. The second-order valence-corrected chi connectivity index (χ2v) is 3.23. The molecule has 0 aliphatic carbocycles. The molecule has 8 nitrogen and oxygen atoms in total. The minimum absolute atomic E-state index is 0.141. The highest BCUT2D eigenvalue weighted by atomic mass is 19.1. The van der Waals surface area contributed by atoms with Gasteiger partial charge in [-0.2, -0.15) is 15.0 Å². The Morgan fingerprint density at radius 1 is 0.833 bits per heavy atom. The third kappa shape index (κ3) is 2.78. The number of nitrogens with zero attached hydrogens (tertiary/aromatic N) is 3. The summed E-state index contributed by atoms with van der Waals surface area (Å²) >= 11 is 0. The number of aromatic nitrogens is 3. The lowest BCUT2D eigenvalue weighted by Gasteiger charge is -2.07. The lowest BCUT2D eigenvalue weighted by Crippen LogP contribution is -2.17. The van der Waals surface area contributed by atoms with Crippen molar-refractivity contribution in [3.8, 4) is 0 Å². The highest BCUT2D eigenvalue weighted by molar-refractivity contribution is 5.55. The summed E-state index contributed by atoms with van der Waals surface area (Å²) in [5.41, 5.74) is 5.18. The molecule has 9 heteroatoms. The van der Waals surface area contributed by atoms with Crippen LogP contribution in [0.4, 0.5) is 27.9 Å². The number of hydrogen-bond acceptors (Lipinski definition) is 8. The van der Waals surface area contributed by atoms with Crippen LogP contribution in [0.15, 0.2) is 24.3 Å². The van der Waals surface area contributed by atoms with Crippen LogP contribution in [0.3, 0.4) is 0 Å². The maximum absolute atomic E-state index is 12.7. The number of benzene rings is 1. The Labute approximate surface area is 102 Å². The predicted octanol–water partition coefficient (Wildman–Crippen LogP) is 0.325. The lowest BCUT2D eigenvalue weighted by molar-refractivity contribution is 0.628. The van der Waals surface area contributed by atoms with Crippen molar-refractivity contribution in [1.82, 2.24) is 15.0 Å². The highest BCUT2D eigenvalue weighted by Crippen LogP contribution is 2.15. The average Bonchev–Trinajstić information content (AvgIpc) is 2.41. The van der Waals surface area contributed by atoms with Crippen LogP contribution < -0.4 is 27.9 Å². The van der Waals surface area contributed by atoms with Crippen LogP contribution in [0.2, 0.25) is 0 Å². The van der Waals surface area contributed by atoms with Gasteiger partial charge in [-0.3, -0.25) is 10.9 Å². The summed E-state index contributed by atoms with van der Waals surface area (Å²) in [6.45, 7) is 0. The highest BCUT2D eigenvalue weighted by Gasteiger charge is 2.05. The molecule has 1 aromatic heterocycles. The Balaban J connectivity index is 2.25. The van der Waals surface area contributed by atoms with Gasteiger partial charge in [0.25, 0.3) is 0 Å². The third-order valence-electron chi connectivity index (χ3n) is 1.99. The summed E-state index contributed by atoms with van der Waals surface area (Å²) in [6.07, 6.45) is 0. The van der Waals surface area contributed by atoms with E-state index in [-0.39, 0.29) is 23.7 Å². The van der Waals surface area contributed by atoms with Gasteiger partial charge < -0.3 is 5.32 Å². The van der Waals surface area contributed by atoms with Crippen molar-refractivity contribution in [3.63, 3.8) is 0 Å². The number of hydrazine groups is 2. The van der Waals surface area contributed by atoms with Gasteiger partial charge in [-0.25, -0.2) is 16.1 Å². The van der Waals surface area contributed by atoms with Crippen LogP contribution >= 0.6 is 0 Å². The average molecular weight is 250 g/mol. The maximum atomic E-state index is 12.7. The molecule has 94 valence electrons. The van der Waals surface area contributed by atoms with Crippen molar-refractivity contribution in [2.24, 2.45) is 11.7 Å². The van der Waals surface area contributed by atoms with E-state index in [2.05, 4.69) is 31.1 Å². The zero-order chi connectivity index (χ0) is 13.0. The van der Waals surface area contributed by atoms with E-state index in [1.54, 1.807) is 12.1 Å². The first kappa shape index (κ1) is 12.0. The monoisotopic (exact) mass is 250 g/mol. The standard InChI is InChI=1S/C9H11FN8/c10-5-1-3-6(4-2-5)13-7-14-8(17-11)16-9(15-7)18-12/h1-4H,11-12H2,(H3,13,14,15,16,17,18). The van der Waals surface area contributed by atoms with E-state index in [1.165, 1.54) is 12.1 Å².